The first-order valence-electron chi connectivity index (χ1n) is 6.29. The summed E-state index contributed by atoms with van der Waals surface area (Å²) < 4.78 is 20.3. The number of benzene rings is 1. The Morgan fingerprint density at radius 3 is 2.37 bits per heavy atom. The molecule has 1 aliphatic heterocycles. The molecule has 0 radical (unpaired) electrons. The Hall–Kier alpha value is -0.390. The average molecular weight is 346 g/mol. The SMILES string of the molecule is Cc1cc(OCC2(C)CN(S(C)=O)C2)cc(C)c1Br. The minimum atomic E-state index is -0.857. The van der Waals surface area contributed by atoms with Gasteiger partial charge in [-0.25, -0.2) is 8.51 Å². The molecule has 0 aliphatic carbocycles. The summed E-state index contributed by atoms with van der Waals surface area (Å²) in [6, 6.07) is 4.10. The summed E-state index contributed by atoms with van der Waals surface area (Å²) in [4.78, 5) is 0. The summed E-state index contributed by atoms with van der Waals surface area (Å²) >= 11 is 3.56. The third-order valence-electron chi connectivity index (χ3n) is 3.48. The fourth-order valence-corrected chi connectivity index (χ4v) is 3.54. The van der Waals surface area contributed by atoms with Gasteiger partial charge in [-0.05, 0) is 37.1 Å². The van der Waals surface area contributed by atoms with Gasteiger partial charge in [0.2, 0.25) is 0 Å². The molecule has 1 heterocycles. The van der Waals surface area contributed by atoms with Gasteiger partial charge in [0.15, 0.2) is 0 Å². The largest absolute Gasteiger partial charge is 0.493 e. The van der Waals surface area contributed by atoms with Gasteiger partial charge in [-0.2, -0.15) is 0 Å². The molecule has 1 unspecified atom stereocenters. The molecule has 0 amide bonds. The van der Waals surface area contributed by atoms with Crippen LogP contribution in [0.25, 0.3) is 0 Å². The molecule has 1 aromatic rings. The number of halogens is 1. The van der Waals surface area contributed by atoms with Crippen molar-refractivity contribution in [1.29, 1.82) is 0 Å². The summed E-state index contributed by atoms with van der Waals surface area (Å²) in [5, 5.41) is 0. The summed E-state index contributed by atoms with van der Waals surface area (Å²) in [7, 11) is -0.857. The molecule has 0 aromatic heterocycles. The van der Waals surface area contributed by atoms with Crippen LogP contribution in [0, 0.1) is 19.3 Å². The van der Waals surface area contributed by atoms with Crippen LogP contribution in [0.3, 0.4) is 0 Å². The van der Waals surface area contributed by atoms with Crippen molar-refractivity contribution in [3.63, 3.8) is 0 Å². The zero-order valence-corrected chi connectivity index (χ0v) is 14.2. The normalized spacial score (nSPS) is 19.8. The van der Waals surface area contributed by atoms with Gasteiger partial charge in [0.05, 0.1) is 17.6 Å². The summed E-state index contributed by atoms with van der Waals surface area (Å²) in [5.41, 5.74) is 2.48. The van der Waals surface area contributed by atoms with Gasteiger partial charge in [0.25, 0.3) is 0 Å². The second-order valence-electron chi connectivity index (χ2n) is 5.69. The van der Waals surface area contributed by atoms with Crippen LogP contribution < -0.4 is 4.74 Å². The molecule has 1 saturated heterocycles. The Labute approximate surface area is 126 Å². The van der Waals surface area contributed by atoms with E-state index >= 15 is 0 Å². The van der Waals surface area contributed by atoms with Gasteiger partial charge in [-0.3, -0.25) is 0 Å². The standard InChI is InChI=1S/C14H20BrNO2S/c1-10-5-12(6-11(2)13(10)15)18-9-14(3)7-16(8-14)19(4)17/h5-6H,7-9H2,1-4H3. The van der Waals surface area contributed by atoms with E-state index in [2.05, 4.69) is 48.8 Å². The lowest BCUT2D eigenvalue weighted by Crippen LogP contribution is -2.57. The van der Waals surface area contributed by atoms with Crippen LogP contribution in [-0.2, 0) is 11.0 Å². The second kappa shape index (κ2) is 5.54. The molecule has 1 aliphatic rings. The van der Waals surface area contributed by atoms with Crippen molar-refractivity contribution in [1.82, 2.24) is 4.31 Å². The average Bonchev–Trinajstić information content (AvgIpc) is 2.29. The van der Waals surface area contributed by atoms with E-state index in [0.717, 1.165) is 23.3 Å². The fourth-order valence-electron chi connectivity index (χ4n) is 2.33. The number of nitrogens with zero attached hydrogens (tertiary/aromatic N) is 1. The highest BCUT2D eigenvalue weighted by atomic mass is 79.9. The smallest absolute Gasteiger partial charge is 0.119 e. The van der Waals surface area contributed by atoms with E-state index in [1.807, 2.05) is 4.31 Å². The molecule has 106 valence electrons. The topological polar surface area (TPSA) is 29.5 Å². The van der Waals surface area contributed by atoms with Crippen LogP contribution in [0.15, 0.2) is 16.6 Å². The first-order valence-corrected chi connectivity index (χ1v) is 8.60. The lowest BCUT2D eigenvalue weighted by Gasteiger charge is -2.45. The van der Waals surface area contributed by atoms with Gasteiger partial charge < -0.3 is 4.74 Å². The zero-order valence-electron chi connectivity index (χ0n) is 11.8. The predicted octanol–water partition coefficient (Wildman–Crippen LogP) is 3.06. The van der Waals surface area contributed by atoms with E-state index in [1.54, 1.807) is 6.26 Å². The monoisotopic (exact) mass is 345 g/mol. The molecule has 0 bridgehead atoms. The molecule has 0 saturated carbocycles. The minimum absolute atomic E-state index is 0.112. The molecule has 5 heteroatoms. The minimum Gasteiger partial charge on any atom is -0.493 e. The van der Waals surface area contributed by atoms with Crippen LogP contribution in [0.1, 0.15) is 18.1 Å². The van der Waals surface area contributed by atoms with E-state index in [0.29, 0.717) is 6.61 Å². The van der Waals surface area contributed by atoms with Crippen molar-refractivity contribution >= 4 is 26.9 Å². The first-order chi connectivity index (χ1) is 8.81. The highest BCUT2D eigenvalue weighted by Crippen LogP contribution is 2.32. The quantitative estimate of drug-likeness (QED) is 0.839. The van der Waals surface area contributed by atoms with E-state index in [4.69, 9.17) is 4.74 Å². The fraction of sp³-hybridized carbons (Fsp3) is 0.571. The van der Waals surface area contributed by atoms with Crippen LogP contribution >= 0.6 is 15.9 Å². The Morgan fingerprint density at radius 2 is 1.89 bits per heavy atom. The second-order valence-corrected chi connectivity index (χ2v) is 7.85. The van der Waals surface area contributed by atoms with Crippen LogP contribution in [0.5, 0.6) is 5.75 Å². The number of hydrogen-bond acceptors (Lipinski definition) is 2. The van der Waals surface area contributed by atoms with E-state index in [1.165, 1.54) is 11.1 Å². The highest BCUT2D eigenvalue weighted by Gasteiger charge is 2.41. The Kier molecular flexibility index (Phi) is 4.38. The van der Waals surface area contributed by atoms with E-state index in [-0.39, 0.29) is 5.41 Å². The summed E-state index contributed by atoms with van der Waals surface area (Å²) in [6.45, 7) is 8.65. The molecule has 3 nitrogen and oxygen atoms in total. The maximum Gasteiger partial charge on any atom is 0.119 e. The van der Waals surface area contributed by atoms with Crippen LogP contribution in [0.4, 0.5) is 0 Å². The number of rotatable bonds is 4. The lowest BCUT2D eigenvalue weighted by molar-refractivity contribution is 0.0398. The Morgan fingerprint density at radius 1 is 1.37 bits per heavy atom. The predicted molar refractivity (Wildman–Crippen MR) is 82.9 cm³/mol. The number of ether oxygens (including phenoxy) is 1. The summed E-state index contributed by atoms with van der Waals surface area (Å²) in [6.07, 6.45) is 1.72. The van der Waals surface area contributed by atoms with Gasteiger partial charge in [0, 0.05) is 29.2 Å². The lowest BCUT2D eigenvalue weighted by atomic mass is 9.85. The molecule has 0 N–H and O–H groups in total. The molecule has 1 atom stereocenters. The molecule has 1 aromatic carbocycles. The van der Waals surface area contributed by atoms with Gasteiger partial charge in [-0.15, -0.1) is 0 Å². The van der Waals surface area contributed by atoms with Crippen LogP contribution in [0.2, 0.25) is 0 Å². The van der Waals surface area contributed by atoms with Gasteiger partial charge in [-0.1, -0.05) is 22.9 Å². The molecule has 1 fully saturated rings. The highest BCUT2D eigenvalue weighted by molar-refractivity contribution is 9.10. The number of hydrogen-bond donors (Lipinski definition) is 0. The van der Waals surface area contributed by atoms with Crippen molar-refractivity contribution in [2.75, 3.05) is 26.0 Å². The van der Waals surface area contributed by atoms with E-state index in [9.17, 15) is 4.21 Å². The van der Waals surface area contributed by atoms with Gasteiger partial charge in [0.1, 0.15) is 5.75 Å². The van der Waals surface area contributed by atoms with Crippen molar-refractivity contribution < 1.29 is 8.95 Å². The molecular weight excluding hydrogens is 326 g/mol. The van der Waals surface area contributed by atoms with Crippen LogP contribution in [-0.4, -0.2) is 34.5 Å². The Bertz CT molecular complexity index is 489. The van der Waals surface area contributed by atoms with Gasteiger partial charge >= 0.3 is 0 Å². The Balaban J connectivity index is 1.95. The molecule has 0 spiro atoms. The zero-order chi connectivity index (χ0) is 14.2. The van der Waals surface area contributed by atoms with E-state index < -0.39 is 11.0 Å². The molecular formula is C14H20BrNO2S. The maximum atomic E-state index is 11.3. The maximum absolute atomic E-state index is 11.3. The first kappa shape index (κ1) is 15.0. The van der Waals surface area contributed by atoms with Crippen molar-refractivity contribution in [3.05, 3.63) is 27.7 Å². The van der Waals surface area contributed by atoms with Crippen molar-refractivity contribution in [2.24, 2.45) is 5.41 Å². The third kappa shape index (κ3) is 3.38. The van der Waals surface area contributed by atoms with Crippen molar-refractivity contribution in [3.8, 4) is 5.75 Å². The molecule has 2 rings (SSSR count). The molecule has 19 heavy (non-hydrogen) atoms. The number of aryl methyl sites for hydroxylation is 2. The van der Waals surface area contributed by atoms with Crippen molar-refractivity contribution in [2.45, 2.75) is 20.8 Å². The third-order valence-corrected chi connectivity index (χ3v) is 5.71. The summed E-state index contributed by atoms with van der Waals surface area (Å²) in [5.74, 6) is 0.912.